The molecule has 0 bridgehead atoms. The lowest BCUT2D eigenvalue weighted by Gasteiger charge is -1.90. The molecule has 0 unspecified atom stereocenters. The first kappa shape index (κ1) is 23.1. The Morgan fingerprint density at radius 2 is 0.692 bits per heavy atom. The van der Waals surface area contributed by atoms with Gasteiger partial charge in [-0.05, 0) is 0 Å². The molecule has 0 saturated heterocycles. The first-order chi connectivity index (χ1) is 6.41. The topological polar surface area (TPSA) is 0 Å². The van der Waals surface area contributed by atoms with Gasteiger partial charge >= 0.3 is 0 Å². The molecule has 0 atom stereocenters. The average molecular weight is 190 g/mol. The van der Waals surface area contributed by atoms with Crippen LogP contribution in [0.5, 0.6) is 0 Å². The van der Waals surface area contributed by atoms with Gasteiger partial charge in [0, 0.05) is 0 Å². The van der Waals surface area contributed by atoms with Crippen molar-refractivity contribution in [3.05, 3.63) is 0 Å². The molecule has 0 aromatic heterocycles. The monoisotopic (exact) mass is 190 g/mol. The van der Waals surface area contributed by atoms with Crippen molar-refractivity contribution in [2.45, 2.75) is 87.5 Å². The SMILES string of the molecule is CC.CC.CC.CCCCCCC. The Bertz CT molecular complexity index is 19.2. The van der Waals surface area contributed by atoms with Crippen molar-refractivity contribution in [2.75, 3.05) is 0 Å². The Hall–Kier alpha value is 0. The van der Waals surface area contributed by atoms with Crippen molar-refractivity contribution in [2.24, 2.45) is 0 Å². The molecule has 0 aliphatic carbocycles. The molecule has 0 aromatic carbocycles. The van der Waals surface area contributed by atoms with Gasteiger partial charge in [0.15, 0.2) is 0 Å². The second kappa shape index (κ2) is 58.1. The second-order valence-electron chi connectivity index (χ2n) is 2.06. The first-order valence-corrected chi connectivity index (χ1v) is 6.41. The summed E-state index contributed by atoms with van der Waals surface area (Å²) in [4.78, 5) is 0. The van der Waals surface area contributed by atoms with Crippen molar-refractivity contribution in [3.63, 3.8) is 0 Å². The van der Waals surface area contributed by atoms with Crippen LogP contribution in [-0.4, -0.2) is 0 Å². The van der Waals surface area contributed by atoms with Gasteiger partial charge in [0.05, 0.1) is 0 Å². The van der Waals surface area contributed by atoms with Crippen LogP contribution in [0.3, 0.4) is 0 Å². The van der Waals surface area contributed by atoms with E-state index < -0.39 is 0 Å². The van der Waals surface area contributed by atoms with Gasteiger partial charge in [-0.1, -0.05) is 87.5 Å². The van der Waals surface area contributed by atoms with Crippen molar-refractivity contribution in [1.29, 1.82) is 0 Å². The van der Waals surface area contributed by atoms with E-state index in [1.54, 1.807) is 0 Å². The molecule has 13 heavy (non-hydrogen) atoms. The number of unbranched alkanes of at least 4 members (excludes halogenated alkanes) is 4. The van der Waals surface area contributed by atoms with Crippen LogP contribution in [-0.2, 0) is 0 Å². The third-order valence-electron chi connectivity index (χ3n) is 1.21. The van der Waals surface area contributed by atoms with Crippen LogP contribution in [0.1, 0.15) is 87.5 Å². The molecule has 0 spiro atoms. The summed E-state index contributed by atoms with van der Waals surface area (Å²) in [6, 6.07) is 0. The third-order valence-corrected chi connectivity index (χ3v) is 1.21. The zero-order chi connectivity index (χ0) is 11.5. The lowest BCUT2D eigenvalue weighted by molar-refractivity contribution is 0.656. The fraction of sp³-hybridized carbons (Fsp3) is 1.00. The maximum Gasteiger partial charge on any atom is -0.0533 e. The van der Waals surface area contributed by atoms with Crippen LogP contribution in [0.2, 0.25) is 0 Å². The second-order valence-corrected chi connectivity index (χ2v) is 2.06. The zero-order valence-corrected chi connectivity index (χ0v) is 11.5. The van der Waals surface area contributed by atoms with E-state index in [2.05, 4.69) is 13.8 Å². The fourth-order valence-corrected chi connectivity index (χ4v) is 0.677. The van der Waals surface area contributed by atoms with Crippen LogP contribution in [0.25, 0.3) is 0 Å². The van der Waals surface area contributed by atoms with Crippen LogP contribution in [0.15, 0.2) is 0 Å². The standard InChI is InChI=1S/C7H16.3C2H6/c1-3-5-7-6-4-2;3*1-2/h3-7H2,1-2H3;3*1-2H3. The third kappa shape index (κ3) is 75.0. The van der Waals surface area contributed by atoms with Gasteiger partial charge in [-0.3, -0.25) is 0 Å². The molecule has 0 aromatic rings. The lowest BCUT2D eigenvalue weighted by atomic mass is 10.2. The van der Waals surface area contributed by atoms with E-state index in [-0.39, 0.29) is 0 Å². The van der Waals surface area contributed by atoms with Crippen LogP contribution in [0.4, 0.5) is 0 Å². The number of rotatable bonds is 4. The zero-order valence-electron chi connectivity index (χ0n) is 11.5. The molecular weight excluding hydrogens is 156 g/mol. The Kier molecular flexibility index (Phi) is 103. The van der Waals surface area contributed by atoms with Crippen LogP contribution in [0, 0.1) is 0 Å². The van der Waals surface area contributed by atoms with Gasteiger partial charge in [-0.25, -0.2) is 0 Å². The molecule has 0 amide bonds. The highest BCUT2D eigenvalue weighted by Gasteiger charge is 1.80. The molecule has 0 heteroatoms. The predicted molar refractivity (Wildman–Crippen MR) is 68.5 cm³/mol. The number of hydrogen-bond acceptors (Lipinski definition) is 0. The normalized spacial score (nSPS) is 6.46. The van der Waals surface area contributed by atoms with Gasteiger partial charge in [0.2, 0.25) is 0 Å². The molecule has 0 aliphatic heterocycles. The maximum atomic E-state index is 2.25. The summed E-state index contributed by atoms with van der Waals surface area (Å²) < 4.78 is 0. The van der Waals surface area contributed by atoms with Gasteiger partial charge < -0.3 is 0 Å². The van der Waals surface area contributed by atoms with Gasteiger partial charge in [0.25, 0.3) is 0 Å². The highest BCUT2D eigenvalue weighted by Crippen LogP contribution is 2.00. The predicted octanol–water partition coefficient (Wildman–Crippen LogP) is 6.06. The van der Waals surface area contributed by atoms with Gasteiger partial charge in [-0.2, -0.15) is 0 Å². The first-order valence-electron chi connectivity index (χ1n) is 6.41. The molecule has 0 aliphatic rings. The Morgan fingerprint density at radius 1 is 0.462 bits per heavy atom. The quantitative estimate of drug-likeness (QED) is 0.473. The van der Waals surface area contributed by atoms with Crippen molar-refractivity contribution >= 4 is 0 Å². The minimum absolute atomic E-state index is 1.36. The molecule has 86 valence electrons. The van der Waals surface area contributed by atoms with Crippen molar-refractivity contribution < 1.29 is 0 Å². The van der Waals surface area contributed by atoms with E-state index >= 15 is 0 Å². The minimum Gasteiger partial charge on any atom is -0.0683 e. The summed E-state index contributed by atoms with van der Waals surface area (Å²) in [7, 11) is 0. The van der Waals surface area contributed by atoms with Crippen LogP contribution >= 0.6 is 0 Å². The van der Waals surface area contributed by atoms with Crippen molar-refractivity contribution in [3.8, 4) is 0 Å². The van der Waals surface area contributed by atoms with E-state index in [0.717, 1.165) is 0 Å². The van der Waals surface area contributed by atoms with E-state index in [9.17, 15) is 0 Å². The Balaban J connectivity index is -0.0000000573. The molecule has 0 fully saturated rings. The number of hydrogen-bond donors (Lipinski definition) is 0. The Labute approximate surface area is 88.1 Å². The largest absolute Gasteiger partial charge is 0.0683 e. The van der Waals surface area contributed by atoms with E-state index in [1.165, 1.54) is 32.1 Å². The average Bonchev–Trinajstić information content (AvgIpc) is 2.27. The molecule has 0 heterocycles. The smallest absolute Gasteiger partial charge is 0.0533 e. The summed E-state index contributed by atoms with van der Waals surface area (Å²) in [5, 5.41) is 0. The minimum atomic E-state index is 1.36. The lowest BCUT2D eigenvalue weighted by Crippen LogP contribution is -1.70. The molecule has 0 rings (SSSR count). The van der Waals surface area contributed by atoms with Crippen LogP contribution < -0.4 is 0 Å². The van der Waals surface area contributed by atoms with E-state index in [0.29, 0.717) is 0 Å². The molecule has 0 N–H and O–H groups in total. The fourth-order valence-electron chi connectivity index (χ4n) is 0.677. The van der Waals surface area contributed by atoms with E-state index in [1.807, 2.05) is 41.5 Å². The van der Waals surface area contributed by atoms with Crippen molar-refractivity contribution in [1.82, 2.24) is 0 Å². The molecule has 0 nitrogen and oxygen atoms in total. The highest BCUT2D eigenvalue weighted by molar-refractivity contribution is 4.35. The molecular formula is C13H34. The summed E-state index contributed by atoms with van der Waals surface area (Å²) >= 11 is 0. The van der Waals surface area contributed by atoms with E-state index in [4.69, 9.17) is 0 Å². The van der Waals surface area contributed by atoms with Gasteiger partial charge in [-0.15, -0.1) is 0 Å². The maximum absolute atomic E-state index is 2.25. The Morgan fingerprint density at radius 3 is 0.846 bits per heavy atom. The summed E-state index contributed by atoms with van der Waals surface area (Å²) in [6.07, 6.45) is 7.01. The molecule has 0 saturated carbocycles. The summed E-state index contributed by atoms with van der Waals surface area (Å²) in [5.41, 5.74) is 0. The summed E-state index contributed by atoms with van der Waals surface area (Å²) in [5.74, 6) is 0. The molecule has 0 radical (unpaired) electrons. The highest BCUT2D eigenvalue weighted by atomic mass is 13.9. The summed E-state index contributed by atoms with van der Waals surface area (Å²) in [6.45, 7) is 16.5. The van der Waals surface area contributed by atoms with Gasteiger partial charge in [0.1, 0.15) is 0 Å².